The van der Waals surface area contributed by atoms with Crippen LogP contribution in [-0.4, -0.2) is 13.4 Å². The zero-order valence-electron chi connectivity index (χ0n) is 13.8. The number of aryl methyl sites for hydroxylation is 1. The number of benzene rings is 1. The standard InChI is InChI=1S/C18H26O2/c1-11-8-14-15(16(20-7)13(11)10-19)18(5,6)12(2)9-17(14,3)4/h8,10,12H,9H2,1-7H3. The second kappa shape index (κ2) is 4.61. The molecule has 1 aliphatic carbocycles. The van der Waals surface area contributed by atoms with E-state index >= 15 is 0 Å². The first-order chi connectivity index (χ1) is 9.16. The van der Waals surface area contributed by atoms with Crippen LogP contribution in [0.1, 0.15) is 68.1 Å². The van der Waals surface area contributed by atoms with E-state index in [0.29, 0.717) is 11.5 Å². The molecule has 0 aromatic heterocycles. The molecule has 0 fully saturated rings. The van der Waals surface area contributed by atoms with E-state index in [9.17, 15) is 4.79 Å². The molecule has 1 unspecified atom stereocenters. The molecule has 0 spiro atoms. The zero-order valence-corrected chi connectivity index (χ0v) is 13.8. The molecule has 0 N–H and O–H groups in total. The van der Waals surface area contributed by atoms with Crippen molar-refractivity contribution in [1.82, 2.24) is 0 Å². The van der Waals surface area contributed by atoms with Gasteiger partial charge in [-0.2, -0.15) is 0 Å². The van der Waals surface area contributed by atoms with Crippen LogP contribution in [0, 0.1) is 12.8 Å². The molecule has 110 valence electrons. The molecule has 0 heterocycles. The number of fused-ring (bicyclic) bond motifs is 1. The van der Waals surface area contributed by atoms with Gasteiger partial charge in [-0.1, -0.05) is 40.7 Å². The predicted octanol–water partition coefficient (Wildman–Crippen LogP) is 4.41. The highest BCUT2D eigenvalue weighted by Gasteiger charge is 2.44. The highest BCUT2D eigenvalue weighted by atomic mass is 16.5. The van der Waals surface area contributed by atoms with Crippen LogP contribution in [-0.2, 0) is 10.8 Å². The summed E-state index contributed by atoms with van der Waals surface area (Å²) in [6.07, 6.45) is 2.08. The molecule has 1 aromatic rings. The quantitative estimate of drug-likeness (QED) is 0.747. The van der Waals surface area contributed by atoms with Crippen molar-refractivity contribution in [2.45, 2.75) is 58.8 Å². The molecule has 0 saturated heterocycles. The maximum atomic E-state index is 11.5. The van der Waals surface area contributed by atoms with E-state index < -0.39 is 0 Å². The number of methoxy groups -OCH3 is 1. The maximum Gasteiger partial charge on any atom is 0.154 e. The largest absolute Gasteiger partial charge is 0.496 e. The molecule has 1 aliphatic rings. The first-order valence-corrected chi connectivity index (χ1v) is 7.34. The van der Waals surface area contributed by atoms with E-state index in [1.165, 1.54) is 11.1 Å². The number of ether oxygens (including phenoxy) is 1. The van der Waals surface area contributed by atoms with Gasteiger partial charge in [0.2, 0.25) is 0 Å². The summed E-state index contributed by atoms with van der Waals surface area (Å²) in [4.78, 5) is 11.5. The Kier molecular flexibility index (Phi) is 3.48. The summed E-state index contributed by atoms with van der Waals surface area (Å²) in [6, 6.07) is 2.19. The Morgan fingerprint density at radius 1 is 1.30 bits per heavy atom. The zero-order chi connectivity index (χ0) is 15.3. The van der Waals surface area contributed by atoms with E-state index in [1.54, 1.807) is 7.11 Å². The number of aldehydes is 1. The average molecular weight is 274 g/mol. The van der Waals surface area contributed by atoms with Crippen LogP contribution in [0.2, 0.25) is 0 Å². The molecular formula is C18H26O2. The molecule has 0 amide bonds. The lowest BCUT2D eigenvalue weighted by Gasteiger charge is -2.47. The smallest absolute Gasteiger partial charge is 0.154 e. The molecule has 1 atom stereocenters. The summed E-state index contributed by atoms with van der Waals surface area (Å²) >= 11 is 0. The lowest BCUT2D eigenvalue weighted by atomic mass is 9.57. The van der Waals surface area contributed by atoms with Crippen molar-refractivity contribution in [1.29, 1.82) is 0 Å². The van der Waals surface area contributed by atoms with Crippen molar-refractivity contribution < 1.29 is 9.53 Å². The summed E-state index contributed by atoms with van der Waals surface area (Å²) in [7, 11) is 1.67. The minimum atomic E-state index is 0.0155. The lowest BCUT2D eigenvalue weighted by molar-refractivity contribution is 0.111. The predicted molar refractivity (Wildman–Crippen MR) is 83.0 cm³/mol. The molecule has 20 heavy (non-hydrogen) atoms. The third kappa shape index (κ3) is 1.97. The van der Waals surface area contributed by atoms with Crippen LogP contribution in [0.25, 0.3) is 0 Å². The lowest BCUT2D eigenvalue weighted by Crippen LogP contribution is -2.41. The van der Waals surface area contributed by atoms with E-state index in [0.717, 1.165) is 24.0 Å². The molecule has 0 radical (unpaired) electrons. The Morgan fingerprint density at radius 2 is 1.90 bits per heavy atom. The fourth-order valence-corrected chi connectivity index (χ4v) is 3.71. The van der Waals surface area contributed by atoms with Gasteiger partial charge in [0, 0.05) is 5.56 Å². The fraction of sp³-hybridized carbons (Fsp3) is 0.611. The number of rotatable bonds is 2. The third-order valence-corrected chi connectivity index (χ3v) is 5.27. The number of hydrogen-bond acceptors (Lipinski definition) is 2. The second-order valence-electron chi connectivity index (χ2n) is 7.39. The van der Waals surface area contributed by atoms with E-state index in [4.69, 9.17) is 4.74 Å². The SMILES string of the molecule is COc1c(C=O)c(C)cc2c1C(C)(C)C(C)CC2(C)C. The molecule has 0 bridgehead atoms. The van der Waals surface area contributed by atoms with Gasteiger partial charge in [0.15, 0.2) is 6.29 Å². The van der Waals surface area contributed by atoms with E-state index in [1.807, 2.05) is 6.92 Å². The van der Waals surface area contributed by atoms with Crippen LogP contribution in [0.5, 0.6) is 5.75 Å². The van der Waals surface area contributed by atoms with Crippen LogP contribution < -0.4 is 4.74 Å². The Labute approximate surface area is 122 Å². The molecule has 2 heteroatoms. The topological polar surface area (TPSA) is 26.3 Å². The van der Waals surface area contributed by atoms with Crippen LogP contribution in [0.3, 0.4) is 0 Å². The van der Waals surface area contributed by atoms with Crippen LogP contribution in [0.4, 0.5) is 0 Å². The Balaban J connectivity index is 2.90. The second-order valence-corrected chi connectivity index (χ2v) is 7.39. The van der Waals surface area contributed by atoms with Crippen LogP contribution >= 0.6 is 0 Å². The first kappa shape index (κ1) is 15.1. The van der Waals surface area contributed by atoms with Gasteiger partial charge in [0.1, 0.15) is 5.75 Å². The molecular weight excluding hydrogens is 248 g/mol. The van der Waals surface area contributed by atoms with Crippen molar-refractivity contribution in [2.75, 3.05) is 7.11 Å². The van der Waals surface area contributed by atoms with Gasteiger partial charge < -0.3 is 4.74 Å². The summed E-state index contributed by atoms with van der Waals surface area (Å²) in [5.41, 5.74) is 4.39. The number of carbonyl (C=O) groups is 1. The van der Waals surface area contributed by atoms with Gasteiger partial charge >= 0.3 is 0 Å². The van der Waals surface area contributed by atoms with Gasteiger partial charge in [-0.15, -0.1) is 0 Å². The average Bonchev–Trinajstić information content (AvgIpc) is 2.34. The molecule has 0 aliphatic heterocycles. The minimum absolute atomic E-state index is 0.0155. The highest BCUT2D eigenvalue weighted by molar-refractivity contribution is 5.84. The summed E-state index contributed by atoms with van der Waals surface area (Å²) in [6.45, 7) is 13.4. The van der Waals surface area contributed by atoms with Crippen molar-refractivity contribution in [2.24, 2.45) is 5.92 Å². The maximum absolute atomic E-state index is 11.5. The fourth-order valence-electron chi connectivity index (χ4n) is 3.71. The Bertz CT molecular complexity index is 553. The number of hydrogen-bond donors (Lipinski definition) is 0. The Hall–Kier alpha value is -1.31. The molecule has 2 nitrogen and oxygen atoms in total. The normalized spacial score (nSPS) is 23.1. The van der Waals surface area contributed by atoms with Crippen molar-refractivity contribution >= 4 is 6.29 Å². The van der Waals surface area contributed by atoms with Crippen LogP contribution in [0.15, 0.2) is 6.07 Å². The first-order valence-electron chi connectivity index (χ1n) is 7.34. The van der Waals surface area contributed by atoms with Crippen molar-refractivity contribution in [3.63, 3.8) is 0 Å². The highest BCUT2D eigenvalue weighted by Crippen LogP contribution is 2.53. The molecule has 0 saturated carbocycles. The van der Waals surface area contributed by atoms with E-state index in [2.05, 4.69) is 40.7 Å². The number of carbonyl (C=O) groups excluding carboxylic acids is 1. The summed E-state index contributed by atoms with van der Waals surface area (Å²) in [5, 5.41) is 0. The van der Waals surface area contributed by atoms with Gasteiger partial charge in [-0.3, -0.25) is 4.79 Å². The summed E-state index contributed by atoms with van der Waals surface area (Å²) in [5.74, 6) is 1.32. The van der Waals surface area contributed by atoms with Gasteiger partial charge in [-0.05, 0) is 41.2 Å². The van der Waals surface area contributed by atoms with Crippen molar-refractivity contribution in [3.8, 4) is 5.75 Å². The van der Waals surface area contributed by atoms with Gasteiger partial charge in [-0.25, -0.2) is 0 Å². The minimum Gasteiger partial charge on any atom is -0.496 e. The van der Waals surface area contributed by atoms with Gasteiger partial charge in [0.05, 0.1) is 12.7 Å². The molecule has 2 rings (SSSR count). The van der Waals surface area contributed by atoms with Crippen molar-refractivity contribution in [3.05, 3.63) is 28.3 Å². The monoisotopic (exact) mass is 274 g/mol. The third-order valence-electron chi connectivity index (χ3n) is 5.27. The van der Waals surface area contributed by atoms with E-state index in [-0.39, 0.29) is 10.8 Å². The summed E-state index contributed by atoms with van der Waals surface area (Å²) < 4.78 is 5.66. The van der Waals surface area contributed by atoms with Gasteiger partial charge in [0.25, 0.3) is 0 Å². The Morgan fingerprint density at radius 3 is 2.40 bits per heavy atom. The molecule has 1 aromatic carbocycles.